The van der Waals surface area contributed by atoms with Crippen molar-refractivity contribution in [2.45, 2.75) is 12.8 Å². The SMILES string of the molecule is COC(=O)C1(C(=O)Nc2cccc(Cl)c2)CC1. The summed E-state index contributed by atoms with van der Waals surface area (Å²) in [6, 6.07) is 6.80. The molecular weight excluding hydrogens is 242 g/mol. The van der Waals surface area contributed by atoms with Gasteiger partial charge in [0.15, 0.2) is 0 Å². The molecule has 1 amide bonds. The number of anilines is 1. The lowest BCUT2D eigenvalue weighted by Crippen LogP contribution is -2.32. The van der Waals surface area contributed by atoms with Gasteiger partial charge in [-0.2, -0.15) is 0 Å². The van der Waals surface area contributed by atoms with Crippen LogP contribution in [-0.2, 0) is 14.3 Å². The summed E-state index contributed by atoms with van der Waals surface area (Å²) in [5.41, 5.74) is -0.408. The quantitative estimate of drug-likeness (QED) is 0.664. The third-order valence-corrected chi connectivity index (χ3v) is 3.08. The highest BCUT2D eigenvalue weighted by Gasteiger charge is 2.57. The normalized spacial score (nSPS) is 16.1. The Labute approximate surface area is 104 Å². The van der Waals surface area contributed by atoms with Crippen LogP contribution in [-0.4, -0.2) is 19.0 Å². The molecule has 1 saturated carbocycles. The molecule has 1 aliphatic carbocycles. The maximum Gasteiger partial charge on any atom is 0.321 e. The van der Waals surface area contributed by atoms with Crippen LogP contribution in [0, 0.1) is 5.41 Å². The number of amides is 1. The molecule has 0 aromatic heterocycles. The second-order valence-electron chi connectivity index (χ2n) is 4.04. The van der Waals surface area contributed by atoms with Gasteiger partial charge in [0.05, 0.1) is 7.11 Å². The van der Waals surface area contributed by atoms with Crippen LogP contribution in [0.4, 0.5) is 5.69 Å². The predicted octanol–water partition coefficient (Wildman–Crippen LogP) is 2.23. The number of nitrogens with one attached hydrogen (secondary N) is 1. The van der Waals surface area contributed by atoms with Crippen molar-refractivity contribution in [3.63, 3.8) is 0 Å². The van der Waals surface area contributed by atoms with E-state index in [-0.39, 0.29) is 5.91 Å². The number of methoxy groups -OCH3 is 1. The third-order valence-electron chi connectivity index (χ3n) is 2.84. The summed E-state index contributed by atoms with van der Waals surface area (Å²) in [5, 5.41) is 3.21. The van der Waals surface area contributed by atoms with Crippen LogP contribution in [0.15, 0.2) is 24.3 Å². The van der Waals surface area contributed by atoms with Gasteiger partial charge in [0, 0.05) is 10.7 Å². The number of benzene rings is 1. The fourth-order valence-electron chi connectivity index (χ4n) is 1.66. The highest BCUT2D eigenvalue weighted by atomic mass is 35.5. The summed E-state index contributed by atoms with van der Waals surface area (Å²) in [4.78, 5) is 23.4. The number of halogens is 1. The van der Waals surface area contributed by atoms with Gasteiger partial charge < -0.3 is 10.1 Å². The number of hydrogen-bond acceptors (Lipinski definition) is 3. The molecule has 2 rings (SSSR count). The van der Waals surface area contributed by atoms with Gasteiger partial charge in [-0.05, 0) is 31.0 Å². The molecule has 0 spiro atoms. The van der Waals surface area contributed by atoms with E-state index >= 15 is 0 Å². The number of carbonyl (C=O) groups excluding carboxylic acids is 2. The Kier molecular flexibility index (Phi) is 3.07. The van der Waals surface area contributed by atoms with E-state index in [0.29, 0.717) is 23.6 Å². The third kappa shape index (κ3) is 2.26. The van der Waals surface area contributed by atoms with Gasteiger partial charge in [-0.1, -0.05) is 17.7 Å². The van der Waals surface area contributed by atoms with E-state index in [1.165, 1.54) is 7.11 Å². The lowest BCUT2D eigenvalue weighted by atomic mass is 10.1. The fraction of sp³-hybridized carbons (Fsp3) is 0.333. The van der Waals surface area contributed by atoms with E-state index in [2.05, 4.69) is 10.1 Å². The van der Waals surface area contributed by atoms with Crippen molar-refractivity contribution < 1.29 is 14.3 Å². The van der Waals surface area contributed by atoms with Gasteiger partial charge in [0.25, 0.3) is 0 Å². The molecule has 0 saturated heterocycles. The van der Waals surface area contributed by atoms with E-state index in [9.17, 15) is 9.59 Å². The monoisotopic (exact) mass is 253 g/mol. The predicted molar refractivity (Wildman–Crippen MR) is 63.8 cm³/mol. The summed E-state index contributed by atoms with van der Waals surface area (Å²) >= 11 is 5.81. The topological polar surface area (TPSA) is 55.4 Å². The second-order valence-corrected chi connectivity index (χ2v) is 4.47. The van der Waals surface area contributed by atoms with Gasteiger partial charge >= 0.3 is 5.97 Å². The zero-order valence-corrected chi connectivity index (χ0v) is 10.1. The van der Waals surface area contributed by atoms with Gasteiger partial charge in [-0.15, -0.1) is 0 Å². The summed E-state index contributed by atoms with van der Waals surface area (Å²) in [6.45, 7) is 0. The van der Waals surface area contributed by atoms with Crippen molar-refractivity contribution in [2.75, 3.05) is 12.4 Å². The molecule has 0 atom stereocenters. The highest BCUT2D eigenvalue weighted by Crippen LogP contribution is 2.47. The van der Waals surface area contributed by atoms with Crippen molar-refractivity contribution in [3.05, 3.63) is 29.3 Å². The molecule has 90 valence electrons. The van der Waals surface area contributed by atoms with Gasteiger partial charge in [-0.3, -0.25) is 9.59 Å². The number of rotatable bonds is 3. The first-order valence-corrected chi connectivity index (χ1v) is 5.62. The van der Waals surface area contributed by atoms with Crippen LogP contribution < -0.4 is 5.32 Å². The molecule has 0 unspecified atom stereocenters. The van der Waals surface area contributed by atoms with Crippen molar-refractivity contribution >= 4 is 29.2 Å². The lowest BCUT2D eigenvalue weighted by molar-refractivity contribution is -0.150. The molecule has 1 fully saturated rings. The van der Waals surface area contributed by atoms with E-state index in [4.69, 9.17) is 11.6 Å². The maximum absolute atomic E-state index is 12.0. The van der Waals surface area contributed by atoms with E-state index in [1.54, 1.807) is 24.3 Å². The van der Waals surface area contributed by atoms with Crippen LogP contribution in [0.3, 0.4) is 0 Å². The van der Waals surface area contributed by atoms with Crippen molar-refractivity contribution in [1.82, 2.24) is 0 Å². The zero-order chi connectivity index (χ0) is 12.5. The van der Waals surface area contributed by atoms with Crippen molar-refractivity contribution in [1.29, 1.82) is 0 Å². The first-order valence-electron chi connectivity index (χ1n) is 5.24. The maximum atomic E-state index is 12.0. The summed E-state index contributed by atoms with van der Waals surface area (Å²) in [5.74, 6) is -0.802. The average Bonchev–Trinajstić information content (AvgIpc) is 3.09. The Morgan fingerprint density at radius 2 is 2.12 bits per heavy atom. The van der Waals surface area contributed by atoms with Gasteiger partial charge in [0.1, 0.15) is 5.41 Å². The Morgan fingerprint density at radius 3 is 2.65 bits per heavy atom. The van der Waals surface area contributed by atoms with Crippen molar-refractivity contribution in [2.24, 2.45) is 5.41 Å². The Morgan fingerprint density at radius 1 is 1.41 bits per heavy atom. The Hall–Kier alpha value is -1.55. The van der Waals surface area contributed by atoms with Crippen LogP contribution in [0.2, 0.25) is 5.02 Å². The lowest BCUT2D eigenvalue weighted by Gasteiger charge is -2.12. The molecular formula is C12H12ClNO3. The summed E-state index contributed by atoms with van der Waals surface area (Å²) < 4.78 is 4.63. The molecule has 0 heterocycles. The Bertz CT molecular complexity index is 469. The molecule has 1 aromatic carbocycles. The number of carbonyl (C=O) groups is 2. The van der Waals surface area contributed by atoms with Crippen LogP contribution in [0.5, 0.6) is 0 Å². The minimum atomic E-state index is -0.989. The summed E-state index contributed by atoms with van der Waals surface area (Å²) in [6.07, 6.45) is 1.07. The molecule has 0 bridgehead atoms. The zero-order valence-electron chi connectivity index (χ0n) is 9.33. The van der Waals surface area contributed by atoms with E-state index < -0.39 is 11.4 Å². The number of hydrogen-bond donors (Lipinski definition) is 1. The molecule has 1 aromatic rings. The van der Waals surface area contributed by atoms with Crippen LogP contribution in [0.1, 0.15) is 12.8 Å². The van der Waals surface area contributed by atoms with Crippen LogP contribution in [0.25, 0.3) is 0 Å². The second kappa shape index (κ2) is 4.37. The van der Waals surface area contributed by atoms with Gasteiger partial charge in [0.2, 0.25) is 5.91 Å². The number of ether oxygens (including phenoxy) is 1. The average molecular weight is 254 g/mol. The highest BCUT2D eigenvalue weighted by molar-refractivity contribution is 6.31. The molecule has 17 heavy (non-hydrogen) atoms. The molecule has 1 N–H and O–H groups in total. The van der Waals surface area contributed by atoms with E-state index in [0.717, 1.165) is 0 Å². The minimum absolute atomic E-state index is 0.327. The molecule has 5 heteroatoms. The van der Waals surface area contributed by atoms with Gasteiger partial charge in [-0.25, -0.2) is 0 Å². The summed E-state index contributed by atoms with van der Waals surface area (Å²) in [7, 11) is 1.29. The van der Waals surface area contributed by atoms with E-state index in [1.807, 2.05) is 0 Å². The first-order chi connectivity index (χ1) is 8.08. The standard InChI is InChI=1S/C12H12ClNO3/c1-17-11(16)12(5-6-12)10(15)14-9-4-2-3-8(13)7-9/h2-4,7H,5-6H2,1H3,(H,14,15). The molecule has 0 aliphatic heterocycles. The smallest absolute Gasteiger partial charge is 0.321 e. The Balaban J connectivity index is 2.10. The fourth-order valence-corrected chi connectivity index (χ4v) is 1.85. The molecule has 4 nitrogen and oxygen atoms in total. The van der Waals surface area contributed by atoms with Crippen LogP contribution >= 0.6 is 11.6 Å². The first kappa shape index (κ1) is 11.9. The molecule has 0 radical (unpaired) electrons. The molecule has 1 aliphatic rings. The largest absolute Gasteiger partial charge is 0.468 e. The number of esters is 1. The minimum Gasteiger partial charge on any atom is -0.468 e. The van der Waals surface area contributed by atoms with Crippen molar-refractivity contribution in [3.8, 4) is 0 Å².